The zero-order valence-electron chi connectivity index (χ0n) is 14.2. The van der Waals surface area contributed by atoms with Gasteiger partial charge >= 0.3 is 0 Å². The number of nitrogens with zero attached hydrogens (tertiary/aromatic N) is 2. The highest BCUT2D eigenvalue weighted by atomic mass is 35.5. The number of carbonyl (C=O) groups is 2. The summed E-state index contributed by atoms with van der Waals surface area (Å²) in [5.74, 6) is -0.220. The number of amides is 1. The molecule has 3 aromatic rings. The molecule has 142 valence electrons. The molecule has 0 aliphatic carbocycles. The van der Waals surface area contributed by atoms with E-state index in [1.165, 1.54) is 23.1 Å². The second-order valence-electron chi connectivity index (χ2n) is 6.34. The fourth-order valence-electron chi connectivity index (χ4n) is 3.59. The van der Waals surface area contributed by atoms with Crippen molar-refractivity contribution in [3.8, 4) is 0 Å². The molecule has 0 saturated heterocycles. The first-order chi connectivity index (χ1) is 13.4. The van der Waals surface area contributed by atoms with Crippen LogP contribution in [0.3, 0.4) is 0 Å². The average molecular weight is 435 g/mol. The number of alkyl halides is 1. The third kappa shape index (κ3) is 2.96. The summed E-state index contributed by atoms with van der Waals surface area (Å²) in [6.07, 6.45) is 0. The Labute approximate surface area is 173 Å². The number of rotatable bonds is 4. The SMILES string of the molecule is O=C(Cl)c1ccc(C(=O)N2C[C@@H](CCl)c3c2cc([N+](=O)[O-])c2ccccc32)s1. The molecule has 1 aliphatic heterocycles. The summed E-state index contributed by atoms with van der Waals surface area (Å²) in [6.45, 7) is 0.310. The molecule has 0 unspecified atom stereocenters. The Morgan fingerprint density at radius 1 is 1.18 bits per heavy atom. The van der Waals surface area contributed by atoms with Gasteiger partial charge in [0.25, 0.3) is 16.8 Å². The number of carbonyl (C=O) groups excluding carboxylic acids is 2. The summed E-state index contributed by atoms with van der Waals surface area (Å²) in [5.41, 5.74) is 1.24. The lowest BCUT2D eigenvalue weighted by atomic mass is 9.95. The topological polar surface area (TPSA) is 80.5 Å². The van der Waals surface area contributed by atoms with Crippen LogP contribution in [-0.4, -0.2) is 28.5 Å². The fraction of sp³-hybridized carbons (Fsp3) is 0.158. The Morgan fingerprint density at radius 2 is 1.86 bits per heavy atom. The fourth-order valence-corrected chi connectivity index (χ4v) is 4.80. The molecule has 0 N–H and O–H groups in total. The van der Waals surface area contributed by atoms with Gasteiger partial charge in [-0.25, -0.2) is 0 Å². The van der Waals surface area contributed by atoms with E-state index in [-0.39, 0.29) is 28.3 Å². The molecular weight excluding hydrogens is 423 g/mol. The molecule has 0 spiro atoms. The minimum atomic E-state index is -0.633. The predicted molar refractivity (Wildman–Crippen MR) is 110 cm³/mol. The Bertz CT molecular complexity index is 1140. The van der Waals surface area contributed by atoms with Crippen LogP contribution in [0.15, 0.2) is 42.5 Å². The van der Waals surface area contributed by atoms with E-state index >= 15 is 0 Å². The van der Waals surface area contributed by atoms with Gasteiger partial charge in [0.2, 0.25) is 0 Å². The van der Waals surface area contributed by atoms with Gasteiger partial charge in [0, 0.05) is 24.4 Å². The van der Waals surface area contributed by atoms with Gasteiger partial charge in [-0.3, -0.25) is 19.7 Å². The van der Waals surface area contributed by atoms with Gasteiger partial charge in [-0.1, -0.05) is 18.2 Å². The smallest absolute Gasteiger partial charge is 0.279 e. The lowest BCUT2D eigenvalue weighted by molar-refractivity contribution is -0.383. The first-order valence-corrected chi connectivity index (χ1v) is 10.0. The number of hydrogen-bond acceptors (Lipinski definition) is 5. The van der Waals surface area contributed by atoms with Crippen LogP contribution in [0.1, 0.15) is 30.8 Å². The maximum atomic E-state index is 13.1. The van der Waals surface area contributed by atoms with E-state index in [1.54, 1.807) is 18.2 Å². The van der Waals surface area contributed by atoms with E-state index < -0.39 is 10.2 Å². The molecule has 2 aromatic carbocycles. The number of halogens is 2. The van der Waals surface area contributed by atoms with Gasteiger partial charge in [-0.15, -0.1) is 22.9 Å². The summed E-state index contributed by atoms with van der Waals surface area (Å²) in [6, 6.07) is 11.5. The third-order valence-corrected chi connectivity index (χ3v) is 6.54. The van der Waals surface area contributed by atoms with Crippen LogP contribution in [0.5, 0.6) is 0 Å². The summed E-state index contributed by atoms with van der Waals surface area (Å²) >= 11 is 12.6. The molecule has 6 nitrogen and oxygen atoms in total. The molecule has 2 heterocycles. The summed E-state index contributed by atoms with van der Waals surface area (Å²) in [4.78, 5) is 37.7. The van der Waals surface area contributed by atoms with E-state index in [9.17, 15) is 19.7 Å². The van der Waals surface area contributed by atoms with Crippen LogP contribution in [0.4, 0.5) is 11.4 Å². The second kappa shape index (κ2) is 7.16. The van der Waals surface area contributed by atoms with Crippen LogP contribution in [-0.2, 0) is 0 Å². The Kier molecular flexibility index (Phi) is 4.82. The van der Waals surface area contributed by atoms with Crippen molar-refractivity contribution in [2.75, 3.05) is 17.3 Å². The quantitative estimate of drug-likeness (QED) is 0.245. The Hall–Kier alpha value is -2.48. The molecule has 1 atom stereocenters. The number of hydrogen-bond donors (Lipinski definition) is 0. The van der Waals surface area contributed by atoms with Crippen LogP contribution in [0.2, 0.25) is 0 Å². The Morgan fingerprint density at radius 3 is 2.46 bits per heavy atom. The van der Waals surface area contributed by atoms with Crippen LogP contribution >= 0.6 is 34.5 Å². The van der Waals surface area contributed by atoms with Crippen LogP contribution < -0.4 is 4.90 Å². The molecule has 1 aliphatic rings. The molecule has 0 radical (unpaired) electrons. The van der Waals surface area contributed by atoms with Crippen LogP contribution in [0, 0.1) is 10.1 Å². The number of nitro groups is 1. The van der Waals surface area contributed by atoms with Gasteiger partial charge < -0.3 is 4.90 Å². The number of fused-ring (bicyclic) bond motifs is 3. The van der Waals surface area contributed by atoms with Crippen molar-refractivity contribution in [1.29, 1.82) is 0 Å². The summed E-state index contributed by atoms with van der Waals surface area (Å²) in [7, 11) is 0. The number of nitro benzene ring substituents is 1. The van der Waals surface area contributed by atoms with Crippen LogP contribution in [0.25, 0.3) is 10.8 Å². The number of benzene rings is 2. The highest BCUT2D eigenvalue weighted by Gasteiger charge is 2.36. The first-order valence-electron chi connectivity index (χ1n) is 8.30. The van der Waals surface area contributed by atoms with Crippen molar-refractivity contribution in [2.45, 2.75) is 5.92 Å². The first kappa shape index (κ1) is 18.9. The molecule has 4 rings (SSSR count). The molecule has 28 heavy (non-hydrogen) atoms. The summed E-state index contributed by atoms with van der Waals surface area (Å²) in [5, 5.41) is 12.2. The van der Waals surface area contributed by atoms with Crippen molar-refractivity contribution in [1.82, 2.24) is 0 Å². The van der Waals surface area contributed by atoms with Crippen molar-refractivity contribution < 1.29 is 14.5 Å². The largest absolute Gasteiger partial charge is 0.306 e. The maximum absolute atomic E-state index is 13.1. The van der Waals surface area contributed by atoms with E-state index in [0.717, 1.165) is 22.3 Å². The summed E-state index contributed by atoms with van der Waals surface area (Å²) < 4.78 is 0. The minimum absolute atomic E-state index is 0.0647. The van der Waals surface area contributed by atoms with Crippen molar-refractivity contribution >= 4 is 67.8 Å². The maximum Gasteiger partial charge on any atom is 0.279 e. The van der Waals surface area contributed by atoms with Gasteiger partial charge in [-0.2, -0.15) is 0 Å². The number of non-ortho nitro benzene ring substituents is 1. The molecule has 0 fully saturated rings. The lowest BCUT2D eigenvalue weighted by Gasteiger charge is -2.17. The minimum Gasteiger partial charge on any atom is -0.306 e. The predicted octanol–water partition coefficient (Wildman–Crippen LogP) is 5.17. The van der Waals surface area contributed by atoms with E-state index in [4.69, 9.17) is 23.2 Å². The van der Waals surface area contributed by atoms with E-state index in [1.807, 2.05) is 6.07 Å². The van der Waals surface area contributed by atoms with Gasteiger partial charge in [0.05, 0.1) is 25.8 Å². The van der Waals surface area contributed by atoms with E-state index in [2.05, 4.69) is 0 Å². The molecule has 1 amide bonds. The van der Waals surface area contributed by atoms with Gasteiger partial charge in [0.1, 0.15) is 0 Å². The standard InChI is InChI=1S/C19H12Cl2N2O4S/c20-8-10-9-22(19(25)16-6-5-15(28-16)18(21)24)14-7-13(23(26)27)11-3-1-2-4-12(11)17(10)14/h1-7,10H,8-9H2/t10-/m1/s1. The zero-order valence-corrected chi connectivity index (χ0v) is 16.6. The highest BCUT2D eigenvalue weighted by Crippen LogP contribution is 2.46. The van der Waals surface area contributed by atoms with Crippen molar-refractivity contribution in [3.05, 3.63) is 67.9 Å². The lowest BCUT2D eigenvalue weighted by Crippen LogP contribution is -2.29. The van der Waals surface area contributed by atoms with E-state index in [0.29, 0.717) is 22.5 Å². The molecule has 0 bridgehead atoms. The Balaban J connectivity index is 1.89. The normalized spacial score (nSPS) is 15.6. The molecular formula is C19H12Cl2N2O4S. The number of thiophene rings is 1. The number of anilines is 1. The third-order valence-electron chi connectivity index (χ3n) is 4.78. The van der Waals surface area contributed by atoms with Crippen molar-refractivity contribution in [2.24, 2.45) is 0 Å². The molecule has 9 heteroatoms. The molecule has 1 aromatic heterocycles. The second-order valence-corrected chi connectivity index (χ2v) is 8.07. The van der Waals surface area contributed by atoms with Crippen molar-refractivity contribution in [3.63, 3.8) is 0 Å². The zero-order chi connectivity index (χ0) is 20.0. The van der Waals surface area contributed by atoms with Gasteiger partial charge in [0.15, 0.2) is 0 Å². The monoisotopic (exact) mass is 434 g/mol. The average Bonchev–Trinajstić information content (AvgIpc) is 3.32. The van der Waals surface area contributed by atoms with Gasteiger partial charge in [-0.05, 0) is 40.7 Å². The highest BCUT2D eigenvalue weighted by molar-refractivity contribution is 7.17. The molecule has 0 saturated carbocycles.